The van der Waals surface area contributed by atoms with Gasteiger partial charge < -0.3 is 14.6 Å². The number of fused-ring (bicyclic) bond motifs is 1. The third-order valence-electron chi connectivity index (χ3n) is 3.49. The standard InChI is InChI=1S/C16H18N4O2S/c1-11-3-4-13-12(9-11)5-7-20(13)8-6-14(21)17-16-19-18-15(23-16)10-22-2/h3-5,7,9H,6,8,10H2,1-2H3,(H,17,19,21). The Morgan fingerprint density at radius 2 is 2.22 bits per heavy atom. The minimum Gasteiger partial charge on any atom is -0.377 e. The molecule has 120 valence electrons. The molecule has 3 rings (SSSR count). The maximum Gasteiger partial charge on any atom is 0.227 e. The number of amides is 1. The Bertz CT molecular complexity index is 824. The third-order valence-corrected chi connectivity index (χ3v) is 4.30. The van der Waals surface area contributed by atoms with E-state index in [4.69, 9.17) is 4.74 Å². The van der Waals surface area contributed by atoms with Crippen LogP contribution >= 0.6 is 11.3 Å². The van der Waals surface area contributed by atoms with E-state index in [9.17, 15) is 4.79 Å². The molecule has 1 amide bonds. The number of carbonyl (C=O) groups excluding carboxylic acids is 1. The summed E-state index contributed by atoms with van der Waals surface area (Å²) in [6.07, 6.45) is 2.40. The lowest BCUT2D eigenvalue weighted by atomic mass is 10.2. The predicted octanol–water partition coefficient (Wildman–Crippen LogP) is 2.98. The maximum atomic E-state index is 12.0. The van der Waals surface area contributed by atoms with E-state index in [2.05, 4.69) is 51.3 Å². The molecule has 23 heavy (non-hydrogen) atoms. The summed E-state index contributed by atoms with van der Waals surface area (Å²) in [5, 5.41) is 13.1. The van der Waals surface area contributed by atoms with Crippen molar-refractivity contribution in [2.75, 3.05) is 12.4 Å². The van der Waals surface area contributed by atoms with Gasteiger partial charge in [0.05, 0.1) is 0 Å². The van der Waals surface area contributed by atoms with E-state index in [-0.39, 0.29) is 5.91 Å². The Morgan fingerprint density at radius 3 is 3.04 bits per heavy atom. The van der Waals surface area contributed by atoms with Crippen molar-refractivity contribution in [2.24, 2.45) is 0 Å². The van der Waals surface area contributed by atoms with Crippen LogP contribution in [0.2, 0.25) is 0 Å². The van der Waals surface area contributed by atoms with Crippen molar-refractivity contribution in [3.63, 3.8) is 0 Å². The van der Waals surface area contributed by atoms with E-state index in [1.54, 1.807) is 7.11 Å². The minimum absolute atomic E-state index is 0.0703. The molecule has 1 N–H and O–H groups in total. The van der Waals surface area contributed by atoms with Crippen molar-refractivity contribution in [1.82, 2.24) is 14.8 Å². The average Bonchev–Trinajstić information content (AvgIpc) is 3.12. The lowest BCUT2D eigenvalue weighted by molar-refractivity contribution is -0.116. The van der Waals surface area contributed by atoms with Gasteiger partial charge in [0.1, 0.15) is 11.6 Å². The molecule has 0 unspecified atom stereocenters. The molecule has 7 heteroatoms. The van der Waals surface area contributed by atoms with Crippen LogP contribution in [0, 0.1) is 6.92 Å². The van der Waals surface area contributed by atoms with Gasteiger partial charge in [-0.25, -0.2) is 0 Å². The molecule has 1 aromatic carbocycles. The first-order valence-corrected chi connectivity index (χ1v) is 8.14. The fourth-order valence-corrected chi connectivity index (χ4v) is 3.13. The van der Waals surface area contributed by atoms with Gasteiger partial charge in [-0.1, -0.05) is 23.0 Å². The van der Waals surface area contributed by atoms with Crippen molar-refractivity contribution in [2.45, 2.75) is 26.5 Å². The molecular formula is C16H18N4O2S. The zero-order valence-electron chi connectivity index (χ0n) is 13.1. The number of aryl methyl sites for hydroxylation is 2. The van der Waals surface area contributed by atoms with E-state index in [0.717, 1.165) is 10.5 Å². The summed E-state index contributed by atoms with van der Waals surface area (Å²) in [5.41, 5.74) is 2.37. The van der Waals surface area contributed by atoms with E-state index in [0.29, 0.717) is 24.7 Å². The lowest BCUT2D eigenvalue weighted by Crippen LogP contribution is -2.14. The molecule has 0 aliphatic rings. The van der Waals surface area contributed by atoms with Gasteiger partial charge in [0.25, 0.3) is 0 Å². The number of nitrogens with zero attached hydrogens (tertiary/aromatic N) is 3. The number of carbonyl (C=O) groups is 1. The monoisotopic (exact) mass is 330 g/mol. The minimum atomic E-state index is -0.0703. The van der Waals surface area contributed by atoms with Crippen molar-refractivity contribution < 1.29 is 9.53 Å². The molecule has 0 radical (unpaired) electrons. The van der Waals surface area contributed by atoms with Gasteiger partial charge in [0.15, 0.2) is 0 Å². The Balaban J connectivity index is 1.59. The SMILES string of the molecule is COCc1nnc(NC(=O)CCn2ccc3cc(C)ccc32)s1. The normalized spacial score (nSPS) is 11.0. The molecular weight excluding hydrogens is 312 g/mol. The molecule has 2 heterocycles. The highest BCUT2D eigenvalue weighted by atomic mass is 32.1. The number of hydrogen-bond donors (Lipinski definition) is 1. The lowest BCUT2D eigenvalue weighted by Gasteiger charge is -2.05. The molecule has 0 bridgehead atoms. The summed E-state index contributed by atoms with van der Waals surface area (Å²) in [6.45, 7) is 3.11. The van der Waals surface area contributed by atoms with Gasteiger partial charge in [-0.2, -0.15) is 0 Å². The molecule has 3 aromatic rings. The van der Waals surface area contributed by atoms with Gasteiger partial charge in [0.2, 0.25) is 11.0 Å². The summed E-state index contributed by atoms with van der Waals surface area (Å²) >= 11 is 1.33. The number of aromatic nitrogens is 3. The van der Waals surface area contributed by atoms with Crippen molar-refractivity contribution in [3.8, 4) is 0 Å². The number of ether oxygens (including phenoxy) is 1. The molecule has 0 spiro atoms. The Labute approximate surface area is 138 Å². The maximum absolute atomic E-state index is 12.0. The van der Waals surface area contributed by atoms with Gasteiger partial charge in [-0.3, -0.25) is 4.79 Å². The van der Waals surface area contributed by atoms with Crippen LogP contribution in [0.1, 0.15) is 17.0 Å². The second kappa shape index (κ2) is 6.89. The highest BCUT2D eigenvalue weighted by Crippen LogP contribution is 2.19. The van der Waals surface area contributed by atoms with Crippen LogP contribution in [0.4, 0.5) is 5.13 Å². The fourth-order valence-electron chi connectivity index (χ4n) is 2.40. The summed E-state index contributed by atoms with van der Waals surface area (Å²) in [6, 6.07) is 8.38. The topological polar surface area (TPSA) is 69.0 Å². The number of anilines is 1. The van der Waals surface area contributed by atoms with Gasteiger partial charge in [0, 0.05) is 31.8 Å². The Hall–Kier alpha value is -2.25. The molecule has 0 saturated heterocycles. The summed E-state index contributed by atoms with van der Waals surface area (Å²) in [5.74, 6) is -0.0703. The quantitative estimate of drug-likeness (QED) is 0.754. The van der Waals surface area contributed by atoms with Crippen molar-refractivity contribution in [1.29, 1.82) is 0 Å². The number of rotatable bonds is 6. The summed E-state index contributed by atoms with van der Waals surface area (Å²) in [4.78, 5) is 12.0. The van der Waals surface area contributed by atoms with Gasteiger partial charge in [-0.15, -0.1) is 10.2 Å². The first kappa shape index (κ1) is 15.6. The number of methoxy groups -OCH3 is 1. The fraction of sp³-hybridized carbons (Fsp3) is 0.312. The smallest absolute Gasteiger partial charge is 0.227 e. The van der Waals surface area contributed by atoms with E-state index in [1.807, 2.05) is 6.20 Å². The number of benzene rings is 1. The number of hydrogen-bond acceptors (Lipinski definition) is 5. The molecule has 6 nitrogen and oxygen atoms in total. The zero-order chi connectivity index (χ0) is 16.2. The van der Waals surface area contributed by atoms with Crippen LogP contribution in [0.15, 0.2) is 30.5 Å². The van der Waals surface area contributed by atoms with Crippen molar-refractivity contribution >= 4 is 33.3 Å². The van der Waals surface area contributed by atoms with E-state index in [1.165, 1.54) is 22.3 Å². The molecule has 0 saturated carbocycles. The second-order valence-electron chi connectivity index (χ2n) is 5.30. The highest BCUT2D eigenvalue weighted by Gasteiger charge is 2.09. The largest absolute Gasteiger partial charge is 0.377 e. The van der Waals surface area contributed by atoms with Crippen LogP contribution in [0.5, 0.6) is 0 Å². The molecule has 0 fully saturated rings. The zero-order valence-corrected chi connectivity index (χ0v) is 13.9. The van der Waals surface area contributed by atoms with Crippen LogP contribution in [-0.2, 0) is 22.7 Å². The molecule has 0 atom stereocenters. The molecule has 0 aliphatic carbocycles. The van der Waals surface area contributed by atoms with Crippen LogP contribution in [0.3, 0.4) is 0 Å². The Kier molecular flexibility index (Phi) is 4.68. The van der Waals surface area contributed by atoms with Gasteiger partial charge >= 0.3 is 0 Å². The van der Waals surface area contributed by atoms with Crippen LogP contribution < -0.4 is 5.32 Å². The van der Waals surface area contributed by atoms with E-state index < -0.39 is 0 Å². The third kappa shape index (κ3) is 3.75. The second-order valence-corrected chi connectivity index (χ2v) is 6.37. The van der Waals surface area contributed by atoms with Crippen molar-refractivity contribution in [3.05, 3.63) is 41.0 Å². The first-order valence-electron chi connectivity index (χ1n) is 7.32. The van der Waals surface area contributed by atoms with E-state index >= 15 is 0 Å². The molecule has 2 aromatic heterocycles. The highest BCUT2D eigenvalue weighted by molar-refractivity contribution is 7.15. The summed E-state index contributed by atoms with van der Waals surface area (Å²) < 4.78 is 7.07. The summed E-state index contributed by atoms with van der Waals surface area (Å²) in [7, 11) is 1.60. The first-order chi connectivity index (χ1) is 11.2. The van der Waals surface area contributed by atoms with Crippen LogP contribution in [-0.4, -0.2) is 27.8 Å². The van der Waals surface area contributed by atoms with Gasteiger partial charge in [-0.05, 0) is 30.5 Å². The number of nitrogens with one attached hydrogen (secondary N) is 1. The molecule has 0 aliphatic heterocycles. The predicted molar refractivity (Wildman–Crippen MR) is 90.5 cm³/mol. The Morgan fingerprint density at radius 1 is 1.35 bits per heavy atom. The average molecular weight is 330 g/mol. The van der Waals surface area contributed by atoms with Crippen LogP contribution in [0.25, 0.3) is 10.9 Å².